The largest absolute Gasteiger partial charge is 0.135 e. The lowest BCUT2D eigenvalue weighted by Crippen LogP contribution is -1.82. The van der Waals surface area contributed by atoms with Gasteiger partial charge in [-0.3, -0.25) is 0 Å². The van der Waals surface area contributed by atoms with Crippen LogP contribution in [-0.2, 0) is 0 Å². The Hall–Kier alpha value is -2.20. The van der Waals surface area contributed by atoms with Crippen LogP contribution in [0.2, 0.25) is 0 Å². The van der Waals surface area contributed by atoms with Gasteiger partial charge in [-0.15, -0.1) is 22.7 Å². The molecule has 4 aromatic carbocycles. The van der Waals surface area contributed by atoms with Crippen molar-refractivity contribution in [2.24, 2.45) is 0 Å². The maximum atomic E-state index is 3.86. The third kappa shape index (κ3) is 2.26. The van der Waals surface area contributed by atoms with Gasteiger partial charge in [-0.25, -0.2) is 0 Å². The summed E-state index contributed by atoms with van der Waals surface area (Å²) in [7, 11) is 0. The quantitative estimate of drug-likeness (QED) is 0.237. The summed E-state index contributed by atoms with van der Waals surface area (Å²) in [6.45, 7) is 0. The van der Waals surface area contributed by atoms with E-state index in [-0.39, 0.29) is 0 Å². The Morgan fingerprint density at radius 1 is 0.556 bits per heavy atom. The van der Waals surface area contributed by atoms with E-state index < -0.39 is 0 Å². The van der Waals surface area contributed by atoms with E-state index in [1.54, 1.807) is 0 Å². The zero-order valence-electron chi connectivity index (χ0n) is 14.2. The van der Waals surface area contributed by atoms with Crippen LogP contribution in [0.15, 0.2) is 83.3 Å². The van der Waals surface area contributed by atoms with E-state index >= 15 is 0 Å². The molecule has 6 aromatic rings. The van der Waals surface area contributed by atoms with Gasteiger partial charge in [0.25, 0.3) is 0 Å². The molecule has 0 aliphatic heterocycles. The van der Waals surface area contributed by atoms with E-state index in [4.69, 9.17) is 0 Å². The van der Waals surface area contributed by atoms with Crippen molar-refractivity contribution in [3.8, 4) is 11.1 Å². The van der Waals surface area contributed by atoms with E-state index in [2.05, 4.69) is 94.8 Å². The highest BCUT2D eigenvalue weighted by Gasteiger charge is 2.17. The van der Waals surface area contributed by atoms with Crippen LogP contribution in [0.3, 0.4) is 0 Å². The second kappa shape index (κ2) is 5.90. The first-order chi connectivity index (χ1) is 13.3. The molecule has 2 heterocycles. The molecule has 0 atom stereocenters. The molecule has 0 bridgehead atoms. The highest BCUT2D eigenvalue weighted by atomic mass is 79.9. The summed E-state index contributed by atoms with van der Waals surface area (Å²) in [5, 5.41) is 5.39. The lowest BCUT2D eigenvalue weighted by atomic mass is 9.98. The summed E-state index contributed by atoms with van der Waals surface area (Å²) in [5.74, 6) is 0. The molecule has 6 rings (SSSR count). The molecule has 0 nitrogen and oxygen atoms in total. The predicted molar refractivity (Wildman–Crippen MR) is 125 cm³/mol. The Bertz CT molecular complexity index is 1490. The molecule has 3 heteroatoms. The number of benzene rings is 4. The number of hydrogen-bond donors (Lipinski definition) is 0. The van der Waals surface area contributed by atoms with Crippen molar-refractivity contribution in [1.29, 1.82) is 0 Å². The molecule has 0 saturated heterocycles. The van der Waals surface area contributed by atoms with Gasteiger partial charge >= 0.3 is 0 Å². The van der Waals surface area contributed by atoms with Gasteiger partial charge in [0.15, 0.2) is 0 Å². The van der Waals surface area contributed by atoms with Crippen molar-refractivity contribution >= 4 is 78.9 Å². The smallest absolute Gasteiger partial charge is 0.0445 e. The monoisotopic (exact) mass is 444 g/mol. The summed E-state index contributed by atoms with van der Waals surface area (Å²) in [4.78, 5) is 0. The fourth-order valence-corrected chi connectivity index (χ4v) is 7.07. The highest BCUT2D eigenvalue weighted by Crippen LogP contribution is 2.47. The Morgan fingerprint density at radius 3 is 2.11 bits per heavy atom. The van der Waals surface area contributed by atoms with Crippen LogP contribution in [-0.4, -0.2) is 0 Å². The lowest BCUT2D eigenvalue weighted by Gasteiger charge is -2.09. The fraction of sp³-hybridized carbons (Fsp3) is 0. The first-order valence-electron chi connectivity index (χ1n) is 8.81. The molecule has 0 unspecified atom stereocenters. The van der Waals surface area contributed by atoms with Crippen molar-refractivity contribution < 1.29 is 0 Å². The molecule has 0 amide bonds. The van der Waals surface area contributed by atoms with Crippen molar-refractivity contribution in [3.63, 3.8) is 0 Å². The van der Waals surface area contributed by atoms with Crippen molar-refractivity contribution in [1.82, 2.24) is 0 Å². The molecule has 2 aromatic heterocycles. The Balaban J connectivity index is 1.82. The van der Waals surface area contributed by atoms with Gasteiger partial charge in [-0.05, 0) is 29.8 Å². The summed E-state index contributed by atoms with van der Waals surface area (Å²) < 4.78 is 6.55. The second-order valence-corrected chi connectivity index (χ2v) is 9.66. The van der Waals surface area contributed by atoms with Gasteiger partial charge in [-0.2, -0.15) is 0 Å². The summed E-state index contributed by atoms with van der Waals surface area (Å²) >= 11 is 7.62. The Labute approximate surface area is 172 Å². The van der Waals surface area contributed by atoms with E-state index in [0.717, 1.165) is 4.47 Å². The van der Waals surface area contributed by atoms with Gasteiger partial charge in [0.1, 0.15) is 0 Å². The summed E-state index contributed by atoms with van der Waals surface area (Å²) in [6.07, 6.45) is 0. The van der Waals surface area contributed by atoms with Gasteiger partial charge in [0.2, 0.25) is 0 Å². The summed E-state index contributed by atoms with van der Waals surface area (Å²) in [5.41, 5.74) is 2.62. The van der Waals surface area contributed by atoms with Gasteiger partial charge in [0.05, 0.1) is 0 Å². The molecule has 0 fully saturated rings. The van der Waals surface area contributed by atoms with E-state index in [1.807, 2.05) is 22.7 Å². The number of rotatable bonds is 1. The molecular weight excluding hydrogens is 432 g/mol. The SMILES string of the molecule is Brc1ccc2c(sc3ccccc32)c1-c1cccc2sc3ccccc3c12. The van der Waals surface area contributed by atoms with Gasteiger partial charge in [-0.1, -0.05) is 70.5 Å². The Morgan fingerprint density at radius 2 is 1.26 bits per heavy atom. The van der Waals surface area contributed by atoms with Gasteiger partial charge < -0.3 is 0 Å². The van der Waals surface area contributed by atoms with Crippen LogP contribution >= 0.6 is 38.6 Å². The standard InChI is InChI=1S/C24H13BrS2/c25-18-13-12-15-14-6-1-3-9-19(14)27-24(15)23(18)17-8-5-11-21-22(17)16-7-2-4-10-20(16)26-21/h1-13H. The van der Waals surface area contributed by atoms with Gasteiger partial charge in [0, 0.05) is 50.4 Å². The Kier molecular flexibility index (Phi) is 3.46. The fourth-order valence-electron chi connectivity index (χ4n) is 4.00. The van der Waals surface area contributed by atoms with Crippen molar-refractivity contribution in [3.05, 3.63) is 83.3 Å². The van der Waals surface area contributed by atoms with Crippen molar-refractivity contribution in [2.75, 3.05) is 0 Å². The molecule has 0 aliphatic carbocycles. The number of thiophene rings is 2. The third-order valence-electron chi connectivity index (χ3n) is 5.17. The van der Waals surface area contributed by atoms with E-state index in [9.17, 15) is 0 Å². The zero-order valence-corrected chi connectivity index (χ0v) is 17.4. The maximum absolute atomic E-state index is 3.86. The molecule has 128 valence electrons. The summed E-state index contributed by atoms with van der Waals surface area (Å²) in [6, 6.07) is 28.6. The first-order valence-corrected chi connectivity index (χ1v) is 11.2. The topological polar surface area (TPSA) is 0 Å². The van der Waals surface area contributed by atoms with Crippen LogP contribution in [0.5, 0.6) is 0 Å². The first kappa shape index (κ1) is 15.8. The van der Waals surface area contributed by atoms with E-state index in [0.29, 0.717) is 0 Å². The van der Waals surface area contributed by atoms with E-state index in [1.165, 1.54) is 51.5 Å². The molecule has 0 spiro atoms. The molecule has 0 radical (unpaired) electrons. The minimum absolute atomic E-state index is 1.16. The zero-order chi connectivity index (χ0) is 18.0. The van der Waals surface area contributed by atoms with Crippen molar-refractivity contribution in [2.45, 2.75) is 0 Å². The molecular formula is C24H13BrS2. The van der Waals surface area contributed by atoms with Crippen LogP contribution in [0.4, 0.5) is 0 Å². The van der Waals surface area contributed by atoms with Crippen LogP contribution in [0.1, 0.15) is 0 Å². The molecule has 27 heavy (non-hydrogen) atoms. The number of halogens is 1. The molecule has 0 saturated carbocycles. The predicted octanol–water partition coefficient (Wildman–Crippen LogP) is 8.85. The normalized spacial score (nSPS) is 11.9. The van der Waals surface area contributed by atoms with Crippen LogP contribution < -0.4 is 0 Å². The highest BCUT2D eigenvalue weighted by molar-refractivity contribution is 9.10. The molecule has 0 N–H and O–H groups in total. The van der Waals surface area contributed by atoms with Crippen LogP contribution in [0, 0.1) is 0 Å². The average molecular weight is 445 g/mol. The lowest BCUT2D eigenvalue weighted by molar-refractivity contribution is 1.71. The second-order valence-electron chi connectivity index (χ2n) is 6.67. The average Bonchev–Trinajstić information content (AvgIpc) is 3.26. The number of fused-ring (bicyclic) bond motifs is 6. The van der Waals surface area contributed by atoms with Crippen LogP contribution in [0.25, 0.3) is 51.5 Å². The number of hydrogen-bond acceptors (Lipinski definition) is 2. The maximum Gasteiger partial charge on any atom is 0.0445 e. The third-order valence-corrected chi connectivity index (χ3v) is 8.17. The minimum atomic E-state index is 1.16. The minimum Gasteiger partial charge on any atom is -0.135 e. The molecule has 0 aliphatic rings.